The van der Waals surface area contributed by atoms with Crippen LogP contribution in [0.4, 0.5) is 5.69 Å². The van der Waals surface area contributed by atoms with Crippen molar-refractivity contribution in [2.24, 2.45) is 0 Å². The van der Waals surface area contributed by atoms with E-state index in [1.807, 2.05) is 18.2 Å². The van der Waals surface area contributed by atoms with Gasteiger partial charge in [-0.15, -0.1) is 0 Å². The lowest BCUT2D eigenvalue weighted by molar-refractivity contribution is -0.385. The van der Waals surface area contributed by atoms with Gasteiger partial charge in [0, 0.05) is 55.5 Å². The van der Waals surface area contributed by atoms with Crippen LogP contribution in [0.15, 0.2) is 42.5 Å². The van der Waals surface area contributed by atoms with Gasteiger partial charge in [-0.25, -0.2) is 0 Å². The highest BCUT2D eigenvalue weighted by Gasteiger charge is 2.13. The van der Waals surface area contributed by atoms with Crippen molar-refractivity contribution < 1.29 is 4.92 Å². The van der Waals surface area contributed by atoms with Gasteiger partial charge in [0.1, 0.15) is 0 Å². The summed E-state index contributed by atoms with van der Waals surface area (Å²) < 4.78 is 0. The van der Waals surface area contributed by atoms with Gasteiger partial charge >= 0.3 is 0 Å². The number of aryl methyl sites for hydroxylation is 1. The second-order valence-corrected chi connectivity index (χ2v) is 6.78. The van der Waals surface area contributed by atoms with Crippen LogP contribution in [0, 0.1) is 28.9 Å². The Kier molecular flexibility index (Phi) is 5.67. The van der Waals surface area contributed by atoms with E-state index in [0.29, 0.717) is 11.1 Å². The SMILES string of the molecule is Cc1ccc(C#Cc2ccc(CN3CCN(C)CC3)cc2)cc1[N+](=O)[O-]. The molecule has 5 nitrogen and oxygen atoms in total. The van der Waals surface area contributed by atoms with Gasteiger partial charge in [0.2, 0.25) is 0 Å². The third kappa shape index (κ3) is 4.69. The van der Waals surface area contributed by atoms with Gasteiger partial charge in [0.25, 0.3) is 5.69 Å². The molecule has 0 unspecified atom stereocenters. The summed E-state index contributed by atoms with van der Waals surface area (Å²) in [5.41, 5.74) is 3.61. The van der Waals surface area contributed by atoms with Gasteiger partial charge in [0.15, 0.2) is 0 Å². The Labute approximate surface area is 154 Å². The predicted molar refractivity (Wildman–Crippen MR) is 103 cm³/mol. The molecule has 1 saturated heterocycles. The van der Waals surface area contributed by atoms with Crippen molar-refractivity contribution in [2.45, 2.75) is 13.5 Å². The number of nitrogens with zero attached hydrogens (tertiary/aromatic N) is 3. The lowest BCUT2D eigenvalue weighted by Crippen LogP contribution is -2.43. The Balaban J connectivity index is 1.66. The molecule has 134 valence electrons. The molecule has 0 amide bonds. The van der Waals surface area contributed by atoms with Gasteiger partial charge in [0.05, 0.1) is 4.92 Å². The van der Waals surface area contributed by atoms with Crippen molar-refractivity contribution in [1.82, 2.24) is 9.80 Å². The number of nitro benzene ring substituents is 1. The van der Waals surface area contributed by atoms with Gasteiger partial charge in [-0.1, -0.05) is 30.0 Å². The Morgan fingerprint density at radius 1 is 1.00 bits per heavy atom. The lowest BCUT2D eigenvalue weighted by atomic mass is 10.1. The van der Waals surface area contributed by atoms with E-state index in [1.54, 1.807) is 13.0 Å². The highest BCUT2D eigenvalue weighted by atomic mass is 16.6. The van der Waals surface area contributed by atoms with E-state index < -0.39 is 0 Å². The first-order valence-electron chi connectivity index (χ1n) is 8.78. The maximum atomic E-state index is 11.0. The molecule has 1 heterocycles. The fourth-order valence-electron chi connectivity index (χ4n) is 2.99. The molecule has 5 heteroatoms. The summed E-state index contributed by atoms with van der Waals surface area (Å²) in [6, 6.07) is 13.3. The lowest BCUT2D eigenvalue weighted by Gasteiger charge is -2.32. The average Bonchev–Trinajstić information content (AvgIpc) is 2.64. The third-order valence-corrected chi connectivity index (χ3v) is 4.71. The maximum absolute atomic E-state index is 11.0. The standard InChI is InChI=1S/C21H23N3O2/c1-17-3-4-19(15-21(17)24(25)26)8-5-18-6-9-20(10-7-18)16-23-13-11-22(2)12-14-23/h3-4,6-7,9-10,15H,11-14,16H2,1-2H3. The van der Waals surface area contributed by atoms with Crippen LogP contribution in [-0.4, -0.2) is 47.9 Å². The van der Waals surface area contributed by atoms with Crippen LogP contribution >= 0.6 is 0 Å². The summed E-state index contributed by atoms with van der Waals surface area (Å²) in [4.78, 5) is 15.5. The largest absolute Gasteiger partial charge is 0.304 e. The number of piperazine rings is 1. The monoisotopic (exact) mass is 349 g/mol. The fraction of sp³-hybridized carbons (Fsp3) is 0.333. The summed E-state index contributed by atoms with van der Waals surface area (Å²) in [5.74, 6) is 6.11. The first-order valence-corrected chi connectivity index (χ1v) is 8.78. The second kappa shape index (κ2) is 8.13. The molecule has 2 aromatic rings. The van der Waals surface area contributed by atoms with Crippen LogP contribution in [0.5, 0.6) is 0 Å². The molecule has 0 N–H and O–H groups in total. The van der Waals surface area contributed by atoms with E-state index in [4.69, 9.17) is 0 Å². The van der Waals surface area contributed by atoms with Crippen LogP contribution in [0.3, 0.4) is 0 Å². The zero-order valence-electron chi connectivity index (χ0n) is 15.2. The minimum atomic E-state index is -0.367. The van der Waals surface area contributed by atoms with Crippen molar-refractivity contribution in [3.8, 4) is 11.8 Å². The number of hydrogen-bond acceptors (Lipinski definition) is 4. The molecule has 0 saturated carbocycles. The van der Waals surface area contributed by atoms with Crippen molar-refractivity contribution in [3.63, 3.8) is 0 Å². The van der Waals surface area contributed by atoms with E-state index in [1.165, 1.54) is 11.6 Å². The first kappa shape index (κ1) is 18.1. The van der Waals surface area contributed by atoms with Crippen molar-refractivity contribution in [3.05, 3.63) is 74.8 Å². The summed E-state index contributed by atoms with van der Waals surface area (Å²) >= 11 is 0. The summed E-state index contributed by atoms with van der Waals surface area (Å²) in [6.07, 6.45) is 0. The number of benzene rings is 2. The third-order valence-electron chi connectivity index (χ3n) is 4.71. The van der Waals surface area contributed by atoms with E-state index in [-0.39, 0.29) is 10.6 Å². The molecule has 0 radical (unpaired) electrons. The molecule has 2 aromatic carbocycles. The van der Waals surface area contributed by atoms with Gasteiger partial charge in [-0.05, 0) is 37.7 Å². The minimum Gasteiger partial charge on any atom is -0.304 e. The average molecular weight is 349 g/mol. The number of hydrogen-bond donors (Lipinski definition) is 0. The van der Waals surface area contributed by atoms with Gasteiger partial charge < -0.3 is 4.90 Å². The zero-order valence-corrected chi connectivity index (χ0v) is 15.2. The van der Waals surface area contributed by atoms with Crippen LogP contribution in [0.25, 0.3) is 0 Å². The van der Waals surface area contributed by atoms with E-state index in [2.05, 4.69) is 40.8 Å². The highest BCUT2D eigenvalue weighted by Crippen LogP contribution is 2.18. The molecule has 1 fully saturated rings. The molecule has 0 aliphatic carbocycles. The zero-order chi connectivity index (χ0) is 18.5. The van der Waals surface area contributed by atoms with Gasteiger partial charge in [-0.2, -0.15) is 0 Å². The molecule has 0 atom stereocenters. The molecular weight excluding hydrogens is 326 g/mol. The molecule has 0 aromatic heterocycles. The normalized spacial score (nSPS) is 15.3. The Bertz CT molecular complexity index is 842. The summed E-state index contributed by atoms with van der Waals surface area (Å²) in [7, 11) is 2.16. The topological polar surface area (TPSA) is 49.6 Å². The molecule has 1 aliphatic rings. The molecule has 1 aliphatic heterocycles. The maximum Gasteiger partial charge on any atom is 0.273 e. The molecule has 3 rings (SSSR count). The molecular formula is C21H23N3O2. The van der Waals surface area contributed by atoms with E-state index in [9.17, 15) is 10.1 Å². The minimum absolute atomic E-state index is 0.110. The Morgan fingerprint density at radius 3 is 2.27 bits per heavy atom. The summed E-state index contributed by atoms with van der Waals surface area (Å²) in [5, 5.41) is 11.0. The van der Waals surface area contributed by atoms with Crippen LogP contribution in [0.2, 0.25) is 0 Å². The first-order chi connectivity index (χ1) is 12.5. The highest BCUT2D eigenvalue weighted by molar-refractivity contribution is 5.50. The number of rotatable bonds is 3. The quantitative estimate of drug-likeness (QED) is 0.485. The van der Waals surface area contributed by atoms with Crippen LogP contribution < -0.4 is 0 Å². The fourth-order valence-corrected chi connectivity index (χ4v) is 2.99. The Morgan fingerprint density at radius 2 is 1.62 bits per heavy atom. The van der Waals surface area contributed by atoms with Crippen LogP contribution in [-0.2, 0) is 6.54 Å². The van der Waals surface area contributed by atoms with E-state index >= 15 is 0 Å². The molecule has 0 bridgehead atoms. The number of likely N-dealkylation sites (N-methyl/N-ethyl adjacent to an activating group) is 1. The number of nitro groups is 1. The molecule has 0 spiro atoms. The van der Waals surface area contributed by atoms with Crippen molar-refractivity contribution >= 4 is 5.69 Å². The molecule has 26 heavy (non-hydrogen) atoms. The van der Waals surface area contributed by atoms with Crippen molar-refractivity contribution in [2.75, 3.05) is 33.2 Å². The Hall–Kier alpha value is -2.68. The summed E-state index contributed by atoms with van der Waals surface area (Å²) in [6.45, 7) is 7.13. The van der Waals surface area contributed by atoms with E-state index in [0.717, 1.165) is 38.3 Å². The predicted octanol–water partition coefficient (Wildman–Crippen LogP) is 3.05. The van der Waals surface area contributed by atoms with Crippen molar-refractivity contribution in [1.29, 1.82) is 0 Å². The smallest absolute Gasteiger partial charge is 0.273 e. The second-order valence-electron chi connectivity index (χ2n) is 6.78. The van der Waals surface area contributed by atoms with Crippen LogP contribution in [0.1, 0.15) is 22.3 Å². The van der Waals surface area contributed by atoms with Gasteiger partial charge in [-0.3, -0.25) is 15.0 Å².